The van der Waals surface area contributed by atoms with Crippen molar-refractivity contribution in [3.8, 4) is 11.5 Å². The van der Waals surface area contributed by atoms with E-state index >= 15 is 0 Å². The standard InChI is InChI=1S/C26H31N3O4/c1-3-7-19-11-12-22(24(18-19)31-2)33-17-15-29-21-9-5-4-8-20(21)28-25(29)13-14-27-26(30)23-10-6-16-32-23/h3-5,8-9,11-12,18,23H,1,6-7,10,13-17H2,2H3,(H,27,30). The van der Waals surface area contributed by atoms with Gasteiger partial charge in [0.05, 0.1) is 24.7 Å². The molecule has 4 rings (SSSR count). The van der Waals surface area contributed by atoms with E-state index in [-0.39, 0.29) is 12.0 Å². The Morgan fingerprint density at radius 3 is 2.97 bits per heavy atom. The summed E-state index contributed by atoms with van der Waals surface area (Å²) in [5.41, 5.74) is 3.11. The number of hydrogen-bond donors (Lipinski definition) is 1. The first-order valence-electron chi connectivity index (χ1n) is 11.4. The summed E-state index contributed by atoms with van der Waals surface area (Å²) in [7, 11) is 1.65. The third-order valence-corrected chi connectivity index (χ3v) is 5.78. The van der Waals surface area contributed by atoms with Crippen LogP contribution in [-0.2, 0) is 28.9 Å². The van der Waals surface area contributed by atoms with Crippen LogP contribution in [0.2, 0.25) is 0 Å². The van der Waals surface area contributed by atoms with Gasteiger partial charge < -0.3 is 24.1 Å². The number of imidazole rings is 1. The Bertz CT molecular complexity index is 1100. The van der Waals surface area contributed by atoms with Gasteiger partial charge >= 0.3 is 0 Å². The van der Waals surface area contributed by atoms with Crippen LogP contribution in [0.4, 0.5) is 0 Å². The van der Waals surface area contributed by atoms with Crippen molar-refractivity contribution < 1.29 is 19.0 Å². The highest BCUT2D eigenvalue weighted by Gasteiger charge is 2.23. The fraction of sp³-hybridized carbons (Fsp3) is 0.385. The van der Waals surface area contributed by atoms with Crippen molar-refractivity contribution in [2.24, 2.45) is 0 Å². The lowest BCUT2D eigenvalue weighted by atomic mass is 10.1. The van der Waals surface area contributed by atoms with Crippen LogP contribution in [-0.4, -0.2) is 48.4 Å². The van der Waals surface area contributed by atoms with Crippen LogP contribution < -0.4 is 14.8 Å². The summed E-state index contributed by atoms with van der Waals surface area (Å²) in [5, 5.41) is 2.99. The van der Waals surface area contributed by atoms with Crippen molar-refractivity contribution in [3.05, 3.63) is 66.5 Å². The first-order chi connectivity index (χ1) is 16.2. The number of benzene rings is 2. The molecule has 1 aromatic heterocycles. The summed E-state index contributed by atoms with van der Waals surface area (Å²) in [4.78, 5) is 17.0. The van der Waals surface area contributed by atoms with E-state index in [0.717, 1.165) is 41.7 Å². The van der Waals surface area contributed by atoms with Crippen molar-refractivity contribution in [2.45, 2.75) is 38.3 Å². The molecule has 0 bridgehead atoms. The van der Waals surface area contributed by atoms with Crippen LogP contribution in [0.25, 0.3) is 11.0 Å². The molecule has 0 aliphatic carbocycles. The molecule has 33 heavy (non-hydrogen) atoms. The van der Waals surface area contributed by atoms with E-state index < -0.39 is 0 Å². The number of rotatable bonds is 11. The zero-order valence-electron chi connectivity index (χ0n) is 19.1. The van der Waals surface area contributed by atoms with Crippen LogP contribution in [0.15, 0.2) is 55.1 Å². The van der Waals surface area contributed by atoms with Gasteiger partial charge in [-0.05, 0) is 49.1 Å². The number of allylic oxidation sites excluding steroid dienone is 1. The average molecular weight is 450 g/mol. The van der Waals surface area contributed by atoms with Crippen molar-refractivity contribution in [1.82, 2.24) is 14.9 Å². The molecule has 174 valence electrons. The van der Waals surface area contributed by atoms with Crippen LogP contribution >= 0.6 is 0 Å². The third-order valence-electron chi connectivity index (χ3n) is 5.78. The molecule has 0 saturated carbocycles. The predicted octanol–water partition coefficient (Wildman–Crippen LogP) is 3.69. The number of ether oxygens (including phenoxy) is 3. The quantitative estimate of drug-likeness (QED) is 0.452. The lowest BCUT2D eigenvalue weighted by molar-refractivity contribution is -0.130. The van der Waals surface area contributed by atoms with Gasteiger partial charge in [-0.25, -0.2) is 4.98 Å². The molecule has 0 radical (unpaired) electrons. The Kier molecular flexibility index (Phi) is 7.62. The SMILES string of the molecule is C=CCc1ccc(OCCn2c(CCNC(=O)C3CCCO3)nc3ccccc32)c(OC)c1. The number of aromatic nitrogens is 2. The minimum Gasteiger partial charge on any atom is -0.493 e. The molecule has 1 aliphatic rings. The van der Waals surface area contributed by atoms with Crippen molar-refractivity contribution >= 4 is 16.9 Å². The minimum atomic E-state index is -0.315. The smallest absolute Gasteiger partial charge is 0.249 e. The Morgan fingerprint density at radius 2 is 2.18 bits per heavy atom. The Morgan fingerprint density at radius 1 is 1.30 bits per heavy atom. The van der Waals surface area contributed by atoms with Gasteiger partial charge in [0.25, 0.3) is 0 Å². The lowest BCUT2D eigenvalue weighted by Gasteiger charge is -2.14. The number of nitrogens with zero attached hydrogens (tertiary/aromatic N) is 2. The number of hydrogen-bond acceptors (Lipinski definition) is 5. The minimum absolute atomic E-state index is 0.0366. The largest absolute Gasteiger partial charge is 0.493 e. The van der Waals surface area contributed by atoms with Crippen molar-refractivity contribution in [2.75, 3.05) is 26.9 Å². The second kappa shape index (κ2) is 11.0. The maximum Gasteiger partial charge on any atom is 0.249 e. The fourth-order valence-corrected chi connectivity index (χ4v) is 4.13. The number of para-hydroxylation sites is 2. The summed E-state index contributed by atoms with van der Waals surface area (Å²) in [5.74, 6) is 2.30. The van der Waals surface area contributed by atoms with E-state index in [4.69, 9.17) is 19.2 Å². The molecule has 1 fully saturated rings. The molecule has 1 atom stereocenters. The molecule has 7 heteroatoms. The van der Waals surface area contributed by atoms with Gasteiger partial charge in [0.2, 0.25) is 5.91 Å². The first-order valence-corrected chi connectivity index (χ1v) is 11.4. The van der Waals surface area contributed by atoms with E-state index in [2.05, 4.69) is 22.5 Å². The van der Waals surface area contributed by atoms with Crippen molar-refractivity contribution in [3.63, 3.8) is 0 Å². The predicted molar refractivity (Wildman–Crippen MR) is 128 cm³/mol. The van der Waals surface area contributed by atoms with E-state index in [1.54, 1.807) is 7.11 Å². The Labute approximate surface area is 194 Å². The van der Waals surface area contributed by atoms with Crippen molar-refractivity contribution in [1.29, 1.82) is 0 Å². The van der Waals surface area contributed by atoms with Gasteiger partial charge in [-0.3, -0.25) is 4.79 Å². The van der Waals surface area contributed by atoms with Crippen LogP contribution in [0, 0.1) is 0 Å². The number of methoxy groups -OCH3 is 1. The molecule has 0 spiro atoms. The van der Waals surface area contributed by atoms with Gasteiger partial charge in [-0.15, -0.1) is 6.58 Å². The second-order valence-electron chi connectivity index (χ2n) is 8.04. The summed E-state index contributed by atoms with van der Waals surface area (Å²) >= 11 is 0. The molecule has 7 nitrogen and oxygen atoms in total. The molecule has 2 heterocycles. The second-order valence-corrected chi connectivity index (χ2v) is 8.04. The zero-order chi connectivity index (χ0) is 23.0. The van der Waals surface area contributed by atoms with Gasteiger partial charge in [0.1, 0.15) is 18.5 Å². The highest BCUT2D eigenvalue weighted by atomic mass is 16.5. The van der Waals surface area contributed by atoms with Gasteiger partial charge in [0, 0.05) is 19.6 Å². The maximum atomic E-state index is 12.2. The average Bonchev–Trinajstić information content (AvgIpc) is 3.49. The van der Waals surface area contributed by atoms with E-state index in [1.165, 1.54) is 0 Å². The molecule has 2 aromatic carbocycles. The number of carbonyl (C=O) groups is 1. The lowest BCUT2D eigenvalue weighted by Crippen LogP contribution is -2.35. The zero-order valence-corrected chi connectivity index (χ0v) is 19.1. The highest BCUT2D eigenvalue weighted by Crippen LogP contribution is 2.28. The molecular formula is C26H31N3O4. The van der Waals surface area contributed by atoms with Crippen LogP contribution in [0.3, 0.4) is 0 Å². The molecule has 3 aromatic rings. The van der Waals surface area contributed by atoms with E-state index in [0.29, 0.717) is 44.2 Å². The summed E-state index contributed by atoms with van der Waals surface area (Å²) in [6, 6.07) is 14.0. The summed E-state index contributed by atoms with van der Waals surface area (Å²) in [6.45, 7) is 6.06. The van der Waals surface area contributed by atoms with E-state index in [9.17, 15) is 4.79 Å². The van der Waals surface area contributed by atoms with Crippen LogP contribution in [0.1, 0.15) is 24.2 Å². The molecule has 1 N–H and O–H groups in total. The maximum absolute atomic E-state index is 12.2. The topological polar surface area (TPSA) is 74.6 Å². The normalized spacial score (nSPS) is 15.5. The molecule has 1 unspecified atom stereocenters. The summed E-state index contributed by atoms with van der Waals surface area (Å²) < 4.78 is 19.2. The Hall–Kier alpha value is -3.32. The number of nitrogens with one attached hydrogen (secondary N) is 1. The molecular weight excluding hydrogens is 418 g/mol. The van der Waals surface area contributed by atoms with Gasteiger partial charge in [-0.1, -0.05) is 24.3 Å². The molecule has 1 aliphatic heterocycles. The number of fused-ring (bicyclic) bond motifs is 1. The van der Waals surface area contributed by atoms with Gasteiger partial charge in [-0.2, -0.15) is 0 Å². The fourth-order valence-electron chi connectivity index (χ4n) is 4.13. The third kappa shape index (κ3) is 5.54. The molecule has 1 amide bonds. The Balaban J connectivity index is 1.41. The van der Waals surface area contributed by atoms with Crippen LogP contribution in [0.5, 0.6) is 11.5 Å². The molecule has 1 saturated heterocycles. The highest BCUT2D eigenvalue weighted by molar-refractivity contribution is 5.81. The van der Waals surface area contributed by atoms with Gasteiger partial charge in [0.15, 0.2) is 11.5 Å². The monoisotopic (exact) mass is 449 g/mol. The summed E-state index contributed by atoms with van der Waals surface area (Å²) in [6.07, 6.45) is 4.70. The van der Waals surface area contributed by atoms with E-state index in [1.807, 2.05) is 42.5 Å². The number of amides is 1. The first kappa shape index (κ1) is 22.9. The number of carbonyl (C=O) groups excluding carboxylic acids is 1.